The number of carbonyl (C=O) groups excluding carboxylic acids is 2. The van der Waals surface area contributed by atoms with Gasteiger partial charge in [-0.2, -0.15) is 5.10 Å². The van der Waals surface area contributed by atoms with Crippen LogP contribution < -0.4 is 4.74 Å². The molecule has 2 aromatic carbocycles. The number of aromatic nitrogens is 3. The maximum atomic E-state index is 13.2. The minimum atomic E-state index is -0.0688. The van der Waals surface area contributed by atoms with Gasteiger partial charge in [0.2, 0.25) is 0 Å². The molecule has 154 valence electrons. The van der Waals surface area contributed by atoms with E-state index in [2.05, 4.69) is 15.2 Å². The fourth-order valence-electron chi connectivity index (χ4n) is 3.62. The minimum Gasteiger partial charge on any atom is -0.497 e. The average Bonchev–Trinajstić information content (AvgIpc) is 3.22. The quantitative estimate of drug-likeness (QED) is 0.720. The zero-order valence-electron chi connectivity index (χ0n) is 16.7. The zero-order chi connectivity index (χ0) is 20.9. The number of nitrogens with one attached hydrogen (secondary N) is 1. The smallest absolute Gasteiger partial charge is 0.254 e. The Hall–Kier alpha value is -3.68. The normalized spacial score (nSPS) is 14.3. The molecule has 1 saturated heterocycles. The monoisotopic (exact) mass is 405 g/mol. The predicted molar refractivity (Wildman–Crippen MR) is 111 cm³/mol. The molecule has 3 aromatic rings. The van der Waals surface area contributed by atoms with E-state index in [1.165, 1.54) is 6.33 Å². The highest BCUT2D eigenvalue weighted by Gasteiger charge is 2.25. The molecule has 2 amide bonds. The molecule has 0 atom stereocenters. The lowest BCUT2D eigenvalue weighted by molar-refractivity contribution is 0.0719. The standard InChI is InChI=1S/C22H23N5O3/c1-30-17-9-7-16(8-10-17)21(28)26-11-4-12-27(14-13-26)22(29)19-6-3-2-5-18(19)20-23-15-24-25-20/h2-3,5-10,15H,4,11-14H2,1H3,(H,23,24,25). The molecule has 8 nitrogen and oxygen atoms in total. The number of ether oxygens (including phenoxy) is 1. The van der Waals surface area contributed by atoms with Crippen molar-refractivity contribution in [1.82, 2.24) is 25.0 Å². The molecule has 0 spiro atoms. The Morgan fingerprint density at radius 3 is 2.30 bits per heavy atom. The van der Waals surface area contributed by atoms with Gasteiger partial charge in [-0.1, -0.05) is 18.2 Å². The van der Waals surface area contributed by atoms with Crippen molar-refractivity contribution >= 4 is 11.8 Å². The third-order valence-electron chi connectivity index (χ3n) is 5.23. The number of hydrogen-bond acceptors (Lipinski definition) is 5. The van der Waals surface area contributed by atoms with Crippen molar-refractivity contribution < 1.29 is 14.3 Å². The second kappa shape index (κ2) is 8.77. The molecule has 8 heteroatoms. The predicted octanol–water partition coefficient (Wildman–Crippen LogP) is 2.47. The molecular weight excluding hydrogens is 382 g/mol. The van der Waals surface area contributed by atoms with Crippen molar-refractivity contribution in [2.24, 2.45) is 0 Å². The maximum absolute atomic E-state index is 13.2. The van der Waals surface area contributed by atoms with Crippen molar-refractivity contribution in [2.75, 3.05) is 33.3 Å². The third-order valence-corrected chi connectivity index (χ3v) is 5.23. The highest BCUT2D eigenvalue weighted by atomic mass is 16.5. The van der Waals surface area contributed by atoms with Gasteiger partial charge in [0.05, 0.1) is 12.7 Å². The fourth-order valence-corrected chi connectivity index (χ4v) is 3.62. The lowest BCUT2D eigenvalue weighted by Gasteiger charge is -2.23. The number of benzene rings is 2. The molecule has 1 aliphatic rings. The molecule has 1 fully saturated rings. The number of rotatable bonds is 4. The zero-order valence-corrected chi connectivity index (χ0v) is 16.7. The summed E-state index contributed by atoms with van der Waals surface area (Å²) in [6.45, 7) is 2.17. The fraction of sp³-hybridized carbons (Fsp3) is 0.273. The summed E-state index contributed by atoms with van der Waals surface area (Å²) in [6, 6.07) is 14.4. The van der Waals surface area contributed by atoms with Gasteiger partial charge in [-0.15, -0.1) is 0 Å². The van der Waals surface area contributed by atoms with E-state index in [0.29, 0.717) is 48.9 Å². The van der Waals surface area contributed by atoms with Crippen LogP contribution in [-0.4, -0.2) is 70.1 Å². The van der Waals surface area contributed by atoms with Crippen LogP contribution in [0.15, 0.2) is 54.9 Å². The third kappa shape index (κ3) is 4.03. The molecule has 0 unspecified atom stereocenters. The number of nitrogens with zero attached hydrogens (tertiary/aromatic N) is 4. The van der Waals surface area contributed by atoms with Gasteiger partial charge in [0.15, 0.2) is 5.82 Å². The highest BCUT2D eigenvalue weighted by molar-refractivity contribution is 6.00. The van der Waals surface area contributed by atoms with E-state index >= 15 is 0 Å². The second-order valence-corrected chi connectivity index (χ2v) is 7.05. The van der Waals surface area contributed by atoms with Crippen LogP contribution in [0.2, 0.25) is 0 Å². The van der Waals surface area contributed by atoms with E-state index in [1.807, 2.05) is 18.2 Å². The van der Waals surface area contributed by atoms with E-state index in [9.17, 15) is 9.59 Å². The SMILES string of the molecule is COc1ccc(C(=O)N2CCCN(C(=O)c3ccccc3-c3ncn[nH]3)CC2)cc1. The number of aromatic amines is 1. The molecule has 0 aliphatic carbocycles. The Bertz CT molecular complexity index is 1020. The Morgan fingerprint density at radius 1 is 0.933 bits per heavy atom. The van der Waals surface area contributed by atoms with Crippen LogP contribution in [-0.2, 0) is 0 Å². The minimum absolute atomic E-state index is 0.0333. The number of amides is 2. The topological polar surface area (TPSA) is 91.4 Å². The molecule has 0 radical (unpaired) electrons. The first kappa shape index (κ1) is 19.6. The lowest BCUT2D eigenvalue weighted by atomic mass is 10.1. The van der Waals surface area contributed by atoms with Crippen LogP contribution in [0.4, 0.5) is 0 Å². The summed E-state index contributed by atoms with van der Waals surface area (Å²) in [5.41, 5.74) is 1.91. The van der Waals surface area contributed by atoms with Crippen LogP contribution in [0.1, 0.15) is 27.1 Å². The van der Waals surface area contributed by atoms with Gasteiger partial charge in [-0.25, -0.2) is 4.98 Å². The summed E-state index contributed by atoms with van der Waals surface area (Å²) in [4.78, 5) is 33.9. The number of hydrogen-bond donors (Lipinski definition) is 1. The van der Waals surface area contributed by atoms with E-state index < -0.39 is 0 Å². The first-order chi connectivity index (χ1) is 14.7. The van der Waals surface area contributed by atoms with E-state index in [-0.39, 0.29) is 11.8 Å². The van der Waals surface area contributed by atoms with E-state index in [0.717, 1.165) is 12.0 Å². The molecule has 0 bridgehead atoms. The molecule has 1 aliphatic heterocycles. The van der Waals surface area contributed by atoms with E-state index in [1.54, 1.807) is 47.2 Å². The first-order valence-corrected chi connectivity index (χ1v) is 9.85. The largest absolute Gasteiger partial charge is 0.497 e. The van der Waals surface area contributed by atoms with Crippen molar-refractivity contribution in [3.8, 4) is 17.1 Å². The molecule has 0 saturated carbocycles. The summed E-state index contributed by atoms with van der Waals surface area (Å²) >= 11 is 0. The Labute approximate surface area is 174 Å². The van der Waals surface area contributed by atoms with Gasteiger partial charge in [-0.3, -0.25) is 14.7 Å². The summed E-state index contributed by atoms with van der Waals surface area (Å²) in [6.07, 6.45) is 2.14. The molecule has 30 heavy (non-hydrogen) atoms. The molecule has 2 heterocycles. The number of H-pyrrole nitrogens is 1. The number of methoxy groups -OCH3 is 1. The second-order valence-electron chi connectivity index (χ2n) is 7.05. The van der Waals surface area contributed by atoms with Crippen molar-refractivity contribution in [2.45, 2.75) is 6.42 Å². The maximum Gasteiger partial charge on any atom is 0.254 e. The summed E-state index contributed by atoms with van der Waals surface area (Å²) in [5.74, 6) is 1.17. The summed E-state index contributed by atoms with van der Waals surface area (Å²) in [5, 5.41) is 6.70. The van der Waals surface area contributed by atoms with Gasteiger partial charge in [-0.05, 0) is 36.8 Å². The van der Waals surface area contributed by atoms with Crippen molar-refractivity contribution in [3.05, 3.63) is 66.0 Å². The van der Waals surface area contributed by atoms with Crippen molar-refractivity contribution in [1.29, 1.82) is 0 Å². The molecular formula is C22H23N5O3. The van der Waals surface area contributed by atoms with Crippen LogP contribution in [0.5, 0.6) is 5.75 Å². The van der Waals surface area contributed by atoms with E-state index in [4.69, 9.17) is 4.74 Å². The summed E-state index contributed by atoms with van der Waals surface area (Å²) in [7, 11) is 1.60. The van der Waals surface area contributed by atoms with Crippen LogP contribution >= 0.6 is 0 Å². The van der Waals surface area contributed by atoms with Gasteiger partial charge in [0, 0.05) is 37.3 Å². The molecule has 1 N–H and O–H groups in total. The van der Waals surface area contributed by atoms with Crippen LogP contribution in [0.25, 0.3) is 11.4 Å². The Kier molecular flexibility index (Phi) is 5.74. The Balaban J connectivity index is 1.47. The highest BCUT2D eigenvalue weighted by Crippen LogP contribution is 2.22. The molecule has 1 aromatic heterocycles. The van der Waals surface area contributed by atoms with Crippen molar-refractivity contribution in [3.63, 3.8) is 0 Å². The molecule has 4 rings (SSSR count). The Morgan fingerprint density at radius 2 is 1.63 bits per heavy atom. The van der Waals surface area contributed by atoms with Gasteiger partial charge >= 0.3 is 0 Å². The number of carbonyl (C=O) groups is 2. The van der Waals surface area contributed by atoms with Gasteiger partial charge in [0.1, 0.15) is 12.1 Å². The van der Waals surface area contributed by atoms with Gasteiger partial charge < -0.3 is 14.5 Å². The van der Waals surface area contributed by atoms with Gasteiger partial charge in [0.25, 0.3) is 11.8 Å². The summed E-state index contributed by atoms with van der Waals surface area (Å²) < 4.78 is 5.15. The average molecular weight is 405 g/mol. The first-order valence-electron chi connectivity index (χ1n) is 9.85. The lowest BCUT2D eigenvalue weighted by Crippen LogP contribution is -2.37. The van der Waals surface area contributed by atoms with Crippen LogP contribution in [0, 0.1) is 0 Å². The van der Waals surface area contributed by atoms with Crippen LogP contribution in [0.3, 0.4) is 0 Å².